The van der Waals surface area contributed by atoms with Crippen molar-refractivity contribution < 1.29 is 4.74 Å². The maximum absolute atomic E-state index is 5.63. The second kappa shape index (κ2) is 10.1. The average Bonchev–Trinajstić information content (AvgIpc) is 2.59. The summed E-state index contributed by atoms with van der Waals surface area (Å²) in [6.45, 7) is 6.40. The molecule has 0 bridgehead atoms. The van der Waals surface area contributed by atoms with E-state index in [1.165, 1.54) is 11.1 Å². The number of nitrogens with one attached hydrogen (secondary N) is 2. The normalized spacial score (nSPS) is 12.2. The van der Waals surface area contributed by atoms with Crippen LogP contribution in [0.15, 0.2) is 60.7 Å². The van der Waals surface area contributed by atoms with E-state index in [2.05, 4.69) is 54.0 Å². The predicted molar refractivity (Wildman–Crippen MR) is 91.8 cm³/mol. The van der Waals surface area contributed by atoms with Crippen LogP contribution in [0.4, 0.5) is 0 Å². The summed E-state index contributed by atoms with van der Waals surface area (Å²) < 4.78 is 5.63. The van der Waals surface area contributed by atoms with Gasteiger partial charge in [0.25, 0.3) is 0 Å². The summed E-state index contributed by atoms with van der Waals surface area (Å²) in [5, 5.41) is 6.90. The van der Waals surface area contributed by atoms with Crippen LogP contribution in [0, 0.1) is 0 Å². The third-order valence-corrected chi connectivity index (χ3v) is 3.59. The van der Waals surface area contributed by atoms with Gasteiger partial charge in [-0.1, -0.05) is 60.7 Å². The first-order valence-corrected chi connectivity index (χ1v) is 7.97. The molecule has 1 atom stereocenters. The van der Waals surface area contributed by atoms with Crippen LogP contribution in [-0.4, -0.2) is 26.2 Å². The monoisotopic (exact) mass is 298 g/mol. The van der Waals surface area contributed by atoms with Crippen LogP contribution in [0.25, 0.3) is 0 Å². The first-order valence-electron chi connectivity index (χ1n) is 7.97. The molecule has 0 aliphatic carbocycles. The molecule has 0 saturated carbocycles. The molecule has 118 valence electrons. The Hall–Kier alpha value is -1.68. The van der Waals surface area contributed by atoms with Crippen LogP contribution in [0.5, 0.6) is 0 Å². The molecule has 3 heteroatoms. The molecule has 0 spiro atoms. The van der Waals surface area contributed by atoms with Crippen LogP contribution in [0.1, 0.15) is 24.1 Å². The van der Waals surface area contributed by atoms with Crippen molar-refractivity contribution in [2.45, 2.75) is 19.6 Å². The Morgan fingerprint density at radius 2 is 1.55 bits per heavy atom. The van der Waals surface area contributed by atoms with Gasteiger partial charge in [-0.2, -0.15) is 0 Å². The molecule has 0 unspecified atom stereocenters. The first-order chi connectivity index (χ1) is 10.9. The van der Waals surface area contributed by atoms with Gasteiger partial charge in [0.05, 0.1) is 13.2 Å². The zero-order chi connectivity index (χ0) is 15.5. The lowest BCUT2D eigenvalue weighted by molar-refractivity contribution is 0.123. The Morgan fingerprint density at radius 3 is 2.27 bits per heavy atom. The van der Waals surface area contributed by atoms with Gasteiger partial charge in [0.15, 0.2) is 0 Å². The summed E-state index contributed by atoms with van der Waals surface area (Å²) in [7, 11) is 0. The van der Waals surface area contributed by atoms with Crippen LogP contribution < -0.4 is 10.6 Å². The maximum atomic E-state index is 5.63. The highest BCUT2D eigenvalue weighted by molar-refractivity contribution is 5.18. The van der Waals surface area contributed by atoms with Gasteiger partial charge < -0.3 is 15.4 Å². The van der Waals surface area contributed by atoms with E-state index in [0.29, 0.717) is 12.6 Å². The van der Waals surface area contributed by atoms with Gasteiger partial charge in [-0.15, -0.1) is 0 Å². The van der Waals surface area contributed by atoms with Gasteiger partial charge >= 0.3 is 0 Å². The SMILES string of the molecule is C[C@@H](NCCNCCOCc1ccccc1)c1ccccc1. The number of hydrogen-bond acceptors (Lipinski definition) is 3. The highest BCUT2D eigenvalue weighted by Gasteiger charge is 2.02. The topological polar surface area (TPSA) is 33.3 Å². The Labute approximate surface area is 133 Å². The first kappa shape index (κ1) is 16.7. The van der Waals surface area contributed by atoms with Crippen molar-refractivity contribution >= 4 is 0 Å². The van der Waals surface area contributed by atoms with Crippen molar-refractivity contribution in [2.75, 3.05) is 26.2 Å². The highest BCUT2D eigenvalue weighted by Crippen LogP contribution is 2.10. The summed E-state index contributed by atoms with van der Waals surface area (Å²) in [5.41, 5.74) is 2.55. The van der Waals surface area contributed by atoms with E-state index < -0.39 is 0 Å². The zero-order valence-electron chi connectivity index (χ0n) is 13.3. The second-order valence-electron chi connectivity index (χ2n) is 5.37. The van der Waals surface area contributed by atoms with Crippen molar-refractivity contribution in [3.8, 4) is 0 Å². The van der Waals surface area contributed by atoms with Crippen LogP contribution in [0.2, 0.25) is 0 Å². The smallest absolute Gasteiger partial charge is 0.0717 e. The van der Waals surface area contributed by atoms with E-state index >= 15 is 0 Å². The molecule has 0 aliphatic rings. The van der Waals surface area contributed by atoms with Crippen LogP contribution in [0.3, 0.4) is 0 Å². The third kappa shape index (κ3) is 6.39. The summed E-state index contributed by atoms with van der Waals surface area (Å²) in [6, 6.07) is 21.2. The Kier molecular flexibility index (Phi) is 7.67. The minimum Gasteiger partial charge on any atom is -0.375 e. The lowest BCUT2D eigenvalue weighted by Crippen LogP contribution is -2.31. The summed E-state index contributed by atoms with van der Waals surface area (Å²) in [6.07, 6.45) is 0. The Balaban J connectivity index is 1.46. The van der Waals surface area contributed by atoms with E-state index in [9.17, 15) is 0 Å². The average molecular weight is 298 g/mol. The molecule has 0 fully saturated rings. The van der Waals surface area contributed by atoms with Crippen molar-refractivity contribution in [3.05, 3.63) is 71.8 Å². The third-order valence-electron chi connectivity index (χ3n) is 3.59. The molecule has 0 aromatic heterocycles. The molecule has 2 rings (SSSR count). The Morgan fingerprint density at radius 1 is 0.864 bits per heavy atom. The van der Waals surface area contributed by atoms with Crippen LogP contribution in [-0.2, 0) is 11.3 Å². The lowest BCUT2D eigenvalue weighted by atomic mass is 10.1. The quantitative estimate of drug-likeness (QED) is 0.661. The molecule has 0 amide bonds. The number of hydrogen-bond donors (Lipinski definition) is 2. The molecule has 0 saturated heterocycles. The largest absolute Gasteiger partial charge is 0.375 e. The standard InChI is InChI=1S/C19H26N2O/c1-17(19-10-6-3-7-11-19)21-13-12-20-14-15-22-16-18-8-4-2-5-9-18/h2-11,17,20-21H,12-16H2,1H3/t17-/m1/s1. The molecule has 3 nitrogen and oxygen atoms in total. The van der Waals surface area contributed by atoms with Gasteiger partial charge in [0.2, 0.25) is 0 Å². The van der Waals surface area contributed by atoms with E-state index in [4.69, 9.17) is 4.74 Å². The summed E-state index contributed by atoms with van der Waals surface area (Å²) >= 11 is 0. The minimum absolute atomic E-state index is 0.386. The number of rotatable bonds is 10. The molecule has 22 heavy (non-hydrogen) atoms. The maximum Gasteiger partial charge on any atom is 0.0717 e. The molecule has 0 aliphatic heterocycles. The fraction of sp³-hybridized carbons (Fsp3) is 0.368. The Bertz CT molecular complexity index is 501. The zero-order valence-corrected chi connectivity index (χ0v) is 13.3. The van der Waals surface area contributed by atoms with Crippen molar-refractivity contribution in [1.29, 1.82) is 0 Å². The minimum atomic E-state index is 0.386. The van der Waals surface area contributed by atoms with E-state index in [1.54, 1.807) is 0 Å². The molecular formula is C19H26N2O. The van der Waals surface area contributed by atoms with E-state index in [1.807, 2.05) is 24.3 Å². The number of benzene rings is 2. The van der Waals surface area contributed by atoms with Crippen molar-refractivity contribution in [3.63, 3.8) is 0 Å². The molecular weight excluding hydrogens is 272 g/mol. The van der Waals surface area contributed by atoms with Crippen LogP contribution >= 0.6 is 0 Å². The molecule has 0 heterocycles. The van der Waals surface area contributed by atoms with Gasteiger partial charge in [-0.3, -0.25) is 0 Å². The van der Waals surface area contributed by atoms with E-state index in [-0.39, 0.29) is 0 Å². The van der Waals surface area contributed by atoms with Gasteiger partial charge in [-0.25, -0.2) is 0 Å². The van der Waals surface area contributed by atoms with Gasteiger partial charge in [0.1, 0.15) is 0 Å². The fourth-order valence-electron chi connectivity index (χ4n) is 2.27. The molecule has 2 aromatic carbocycles. The van der Waals surface area contributed by atoms with Gasteiger partial charge in [0, 0.05) is 25.7 Å². The lowest BCUT2D eigenvalue weighted by Gasteiger charge is -2.14. The summed E-state index contributed by atoms with van der Waals surface area (Å²) in [4.78, 5) is 0. The predicted octanol–water partition coefficient (Wildman–Crippen LogP) is 3.14. The van der Waals surface area contributed by atoms with Gasteiger partial charge in [-0.05, 0) is 18.1 Å². The highest BCUT2D eigenvalue weighted by atomic mass is 16.5. The van der Waals surface area contributed by atoms with Crippen molar-refractivity contribution in [2.24, 2.45) is 0 Å². The molecule has 2 N–H and O–H groups in total. The second-order valence-corrected chi connectivity index (χ2v) is 5.37. The number of ether oxygens (including phenoxy) is 1. The molecule has 0 radical (unpaired) electrons. The van der Waals surface area contributed by atoms with Crippen molar-refractivity contribution in [1.82, 2.24) is 10.6 Å². The summed E-state index contributed by atoms with van der Waals surface area (Å²) in [5.74, 6) is 0. The molecule has 2 aromatic rings. The fourth-order valence-corrected chi connectivity index (χ4v) is 2.27. The van der Waals surface area contributed by atoms with E-state index in [0.717, 1.165) is 26.2 Å².